The monoisotopic (exact) mass is 495 g/mol. The molecule has 152 valence electrons. The van der Waals surface area contributed by atoms with Crippen molar-refractivity contribution in [3.63, 3.8) is 0 Å². The molecular weight excluding hydrogens is 478 g/mol. The first-order chi connectivity index (χ1) is 13.9. The lowest BCUT2D eigenvalue weighted by atomic mass is 10.0. The number of amides is 1. The molecule has 0 aliphatic rings. The van der Waals surface area contributed by atoms with Crippen molar-refractivity contribution >= 4 is 50.9 Å². The third kappa shape index (κ3) is 6.48. The SMILES string of the molecule is CC(C)c1ccc(OCc2nnc(SCC(=O)Nc3ccc(Cl)c(Br)c3)o2)cc1. The van der Waals surface area contributed by atoms with Crippen molar-refractivity contribution in [3.8, 4) is 5.75 Å². The Balaban J connectivity index is 1.46. The van der Waals surface area contributed by atoms with Gasteiger partial charge in [-0.25, -0.2) is 0 Å². The predicted molar refractivity (Wildman–Crippen MR) is 118 cm³/mol. The van der Waals surface area contributed by atoms with Gasteiger partial charge in [0.25, 0.3) is 11.1 Å². The summed E-state index contributed by atoms with van der Waals surface area (Å²) in [7, 11) is 0. The van der Waals surface area contributed by atoms with Crippen LogP contribution in [0.1, 0.15) is 31.2 Å². The third-order valence-corrected chi connectivity index (χ3v) is 5.92. The smallest absolute Gasteiger partial charge is 0.277 e. The maximum absolute atomic E-state index is 12.1. The number of halogens is 2. The molecule has 0 spiro atoms. The zero-order chi connectivity index (χ0) is 20.8. The molecule has 0 atom stereocenters. The van der Waals surface area contributed by atoms with Gasteiger partial charge < -0.3 is 14.5 Å². The summed E-state index contributed by atoms with van der Waals surface area (Å²) in [4.78, 5) is 12.1. The summed E-state index contributed by atoms with van der Waals surface area (Å²) in [6, 6.07) is 13.1. The van der Waals surface area contributed by atoms with Crippen molar-refractivity contribution in [2.75, 3.05) is 11.1 Å². The second-order valence-electron chi connectivity index (χ2n) is 6.44. The van der Waals surface area contributed by atoms with E-state index in [0.717, 1.165) is 17.5 Å². The number of aromatic nitrogens is 2. The van der Waals surface area contributed by atoms with Gasteiger partial charge in [-0.05, 0) is 57.7 Å². The Hall–Kier alpha value is -2.03. The fourth-order valence-electron chi connectivity index (χ4n) is 2.35. The molecule has 0 saturated carbocycles. The fourth-order valence-corrected chi connectivity index (χ4v) is 3.42. The van der Waals surface area contributed by atoms with E-state index in [-0.39, 0.29) is 18.3 Å². The Bertz CT molecular complexity index is 979. The number of ether oxygens (including phenoxy) is 1. The highest BCUT2D eigenvalue weighted by Gasteiger charge is 2.11. The van der Waals surface area contributed by atoms with Crippen LogP contribution in [0.25, 0.3) is 0 Å². The summed E-state index contributed by atoms with van der Waals surface area (Å²) in [5, 5.41) is 11.5. The first-order valence-corrected chi connectivity index (χ1v) is 11.0. The molecule has 1 amide bonds. The zero-order valence-corrected chi connectivity index (χ0v) is 19.0. The number of thioether (sulfide) groups is 1. The van der Waals surface area contributed by atoms with Crippen LogP contribution < -0.4 is 10.1 Å². The molecule has 0 unspecified atom stereocenters. The van der Waals surface area contributed by atoms with Gasteiger partial charge in [0.1, 0.15) is 5.75 Å². The lowest BCUT2D eigenvalue weighted by molar-refractivity contribution is -0.113. The van der Waals surface area contributed by atoms with Gasteiger partial charge in [-0.2, -0.15) is 0 Å². The summed E-state index contributed by atoms with van der Waals surface area (Å²) >= 11 is 10.4. The molecule has 1 N–H and O–H groups in total. The topological polar surface area (TPSA) is 77.2 Å². The van der Waals surface area contributed by atoms with E-state index < -0.39 is 0 Å². The van der Waals surface area contributed by atoms with E-state index in [0.29, 0.717) is 32.2 Å². The third-order valence-electron chi connectivity index (χ3n) is 3.89. The van der Waals surface area contributed by atoms with E-state index in [1.165, 1.54) is 5.56 Å². The molecule has 2 aromatic carbocycles. The number of nitrogens with zero attached hydrogens (tertiary/aromatic N) is 2. The van der Waals surface area contributed by atoms with Gasteiger partial charge in [0.05, 0.1) is 10.8 Å². The van der Waals surface area contributed by atoms with E-state index in [1.807, 2.05) is 24.3 Å². The Morgan fingerprint density at radius 1 is 1.24 bits per heavy atom. The lowest BCUT2D eigenvalue weighted by Gasteiger charge is -2.07. The average Bonchev–Trinajstić information content (AvgIpc) is 3.16. The summed E-state index contributed by atoms with van der Waals surface area (Å²) in [6.45, 7) is 4.45. The van der Waals surface area contributed by atoms with Gasteiger partial charge >= 0.3 is 0 Å². The van der Waals surface area contributed by atoms with Gasteiger partial charge in [0.15, 0.2) is 6.61 Å². The molecule has 0 aliphatic heterocycles. The molecule has 6 nitrogen and oxygen atoms in total. The standard InChI is InChI=1S/C20H19BrClN3O3S/c1-12(2)13-3-6-15(7-4-13)27-10-19-24-25-20(28-19)29-11-18(26)23-14-5-8-17(22)16(21)9-14/h3-9,12H,10-11H2,1-2H3,(H,23,26). The van der Waals surface area contributed by atoms with E-state index in [2.05, 4.69) is 45.3 Å². The molecule has 9 heteroatoms. The first kappa shape index (κ1) is 21.7. The number of benzene rings is 2. The van der Waals surface area contributed by atoms with Crippen LogP contribution in [0.5, 0.6) is 5.75 Å². The molecule has 3 rings (SSSR count). The van der Waals surface area contributed by atoms with Crippen LogP contribution in [-0.4, -0.2) is 21.9 Å². The maximum Gasteiger partial charge on any atom is 0.277 e. The van der Waals surface area contributed by atoms with Gasteiger partial charge in [-0.3, -0.25) is 4.79 Å². The number of nitrogens with one attached hydrogen (secondary N) is 1. The Morgan fingerprint density at radius 2 is 2.00 bits per heavy atom. The highest BCUT2D eigenvalue weighted by molar-refractivity contribution is 9.10. The zero-order valence-electron chi connectivity index (χ0n) is 15.8. The van der Waals surface area contributed by atoms with Crippen molar-refractivity contribution in [2.45, 2.75) is 31.6 Å². The number of hydrogen-bond acceptors (Lipinski definition) is 6. The second kappa shape index (κ2) is 10.1. The fraction of sp³-hybridized carbons (Fsp3) is 0.250. The van der Waals surface area contributed by atoms with E-state index >= 15 is 0 Å². The molecule has 3 aromatic rings. The largest absolute Gasteiger partial charge is 0.484 e. The number of carbonyl (C=O) groups excluding carboxylic acids is 1. The number of rotatable bonds is 8. The van der Waals surface area contributed by atoms with Crippen LogP contribution in [0.4, 0.5) is 5.69 Å². The summed E-state index contributed by atoms with van der Waals surface area (Å²) < 4.78 is 11.9. The molecule has 0 fully saturated rings. The van der Waals surface area contributed by atoms with Crippen molar-refractivity contribution in [2.24, 2.45) is 0 Å². The summed E-state index contributed by atoms with van der Waals surface area (Å²) in [5.41, 5.74) is 1.90. The maximum atomic E-state index is 12.1. The summed E-state index contributed by atoms with van der Waals surface area (Å²) in [5.74, 6) is 1.50. The van der Waals surface area contributed by atoms with Gasteiger partial charge in [-0.1, -0.05) is 49.3 Å². The molecule has 0 bridgehead atoms. The minimum atomic E-state index is -0.189. The molecule has 1 heterocycles. The Morgan fingerprint density at radius 3 is 2.69 bits per heavy atom. The Kier molecular flexibility index (Phi) is 7.57. The van der Waals surface area contributed by atoms with Crippen molar-refractivity contribution in [3.05, 3.63) is 63.4 Å². The number of anilines is 1. The Labute approximate surface area is 186 Å². The average molecular weight is 497 g/mol. The second-order valence-corrected chi connectivity index (χ2v) is 8.63. The molecule has 0 radical (unpaired) electrons. The van der Waals surface area contributed by atoms with E-state index in [1.54, 1.807) is 18.2 Å². The van der Waals surface area contributed by atoms with Gasteiger partial charge in [-0.15, -0.1) is 10.2 Å². The lowest BCUT2D eigenvalue weighted by Crippen LogP contribution is -2.13. The van der Waals surface area contributed by atoms with Crippen LogP contribution in [-0.2, 0) is 11.4 Å². The van der Waals surface area contributed by atoms with Gasteiger partial charge in [0.2, 0.25) is 5.91 Å². The molecule has 1 aromatic heterocycles. The minimum Gasteiger partial charge on any atom is -0.484 e. The van der Waals surface area contributed by atoms with Gasteiger partial charge in [0, 0.05) is 10.2 Å². The minimum absolute atomic E-state index is 0.138. The van der Waals surface area contributed by atoms with Crippen molar-refractivity contribution in [1.82, 2.24) is 10.2 Å². The van der Waals surface area contributed by atoms with Crippen molar-refractivity contribution in [1.29, 1.82) is 0 Å². The molecule has 0 saturated heterocycles. The molecular formula is C20H19BrClN3O3S. The number of hydrogen-bond donors (Lipinski definition) is 1. The normalized spacial score (nSPS) is 10.9. The van der Waals surface area contributed by atoms with E-state index in [9.17, 15) is 4.79 Å². The predicted octanol–water partition coefficient (Wildman–Crippen LogP) is 5.92. The van der Waals surface area contributed by atoms with Crippen LogP contribution >= 0.6 is 39.3 Å². The highest BCUT2D eigenvalue weighted by Crippen LogP contribution is 2.26. The van der Waals surface area contributed by atoms with Crippen molar-refractivity contribution < 1.29 is 13.9 Å². The molecule has 29 heavy (non-hydrogen) atoms. The quantitative estimate of drug-likeness (QED) is 0.390. The first-order valence-electron chi connectivity index (χ1n) is 8.83. The van der Waals surface area contributed by atoms with Crippen LogP contribution in [0.15, 0.2) is 56.6 Å². The molecule has 0 aliphatic carbocycles. The van der Waals surface area contributed by atoms with Crippen LogP contribution in [0.2, 0.25) is 5.02 Å². The summed E-state index contributed by atoms with van der Waals surface area (Å²) in [6.07, 6.45) is 0. The van der Waals surface area contributed by atoms with Crippen LogP contribution in [0.3, 0.4) is 0 Å². The van der Waals surface area contributed by atoms with Crippen LogP contribution in [0, 0.1) is 0 Å². The number of carbonyl (C=O) groups is 1. The van der Waals surface area contributed by atoms with E-state index in [4.69, 9.17) is 20.8 Å². The highest BCUT2D eigenvalue weighted by atomic mass is 79.9.